The SMILES string of the molecule is O=C(CCc1ncc(-c2ccc(F)cc2F)o1)N1CCN(Cc2cccnc2)CC1. The zero-order valence-corrected chi connectivity index (χ0v) is 16.4. The van der Waals surface area contributed by atoms with Gasteiger partial charge in [-0.3, -0.25) is 14.7 Å². The first-order valence-electron chi connectivity index (χ1n) is 9.87. The van der Waals surface area contributed by atoms with E-state index in [4.69, 9.17) is 4.42 Å². The summed E-state index contributed by atoms with van der Waals surface area (Å²) in [5, 5.41) is 0. The fourth-order valence-electron chi connectivity index (χ4n) is 3.52. The topological polar surface area (TPSA) is 62.5 Å². The highest BCUT2D eigenvalue weighted by Crippen LogP contribution is 2.24. The van der Waals surface area contributed by atoms with Gasteiger partial charge in [-0.05, 0) is 23.8 Å². The Morgan fingerprint density at radius 1 is 1.10 bits per heavy atom. The van der Waals surface area contributed by atoms with Gasteiger partial charge >= 0.3 is 0 Å². The number of nitrogens with zero attached hydrogens (tertiary/aromatic N) is 4. The largest absolute Gasteiger partial charge is 0.441 e. The van der Waals surface area contributed by atoms with E-state index in [0.717, 1.165) is 37.3 Å². The average molecular weight is 412 g/mol. The van der Waals surface area contributed by atoms with Gasteiger partial charge < -0.3 is 9.32 Å². The van der Waals surface area contributed by atoms with Gasteiger partial charge in [0.1, 0.15) is 11.6 Å². The second-order valence-electron chi connectivity index (χ2n) is 7.26. The Morgan fingerprint density at radius 3 is 2.67 bits per heavy atom. The first kappa shape index (κ1) is 20.2. The van der Waals surface area contributed by atoms with Crippen LogP contribution in [0.1, 0.15) is 17.9 Å². The van der Waals surface area contributed by atoms with Crippen LogP contribution in [0.4, 0.5) is 8.78 Å². The van der Waals surface area contributed by atoms with Crippen LogP contribution in [0.3, 0.4) is 0 Å². The van der Waals surface area contributed by atoms with Crippen molar-refractivity contribution in [3.05, 3.63) is 72.0 Å². The van der Waals surface area contributed by atoms with E-state index < -0.39 is 11.6 Å². The van der Waals surface area contributed by atoms with Crippen molar-refractivity contribution < 1.29 is 18.0 Å². The van der Waals surface area contributed by atoms with E-state index in [1.807, 2.05) is 23.2 Å². The number of aromatic nitrogens is 2. The van der Waals surface area contributed by atoms with E-state index in [2.05, 4.69) is 14.9 Å². The van der Waals surface area contributed by atoms with Gasteiger partial charge in [-0.25, -0.2) is 13.8 Å². The second kappa shape index (κ2) is 9.13. The number of hydrogen-bond acceptors (Lipinski definition) is 5. The Labute approximate surface area is 173 Å². The lowest BCUT2D eigenvalue weighted by molar-refractivity contribution is -0.133. The molecule has 1 saturated heterocycles. The number of amides is 1. The molecule has 3 aromatic rings. The summed E-state index contributed by atoms with van der Waals surface area (Å²) in [5.74, 6) is -0.736. The maximum atomic E-state index is 13.9. The molecule has 0 N–H and O–H groups in total. The summed E-state index contributed by atoms with van der Waals surface area (Å²) in [6, 6.07) is 7.25. The van der Waals surface area contributed by atoms with Gasteiger partial charge in [-0.2, -0.15) is 0 Å². The molecule has 0 bridgehead atoms. The van der Waals surface area contributed by atoms with Gasteiger partial charge in [-0.15, -0.1) is 0 Å². The Bertz CT molecular complexity index is 1000. The molecule has 1 aliphatic rings. The molecular formula is C22H22F2N4O2. The van der Waals surface area contributed by atoms with E-state index in [1.54, 1.807) is 6.20 Å². The molecule has 30 heavy (non-hydrogen) atoms. The van der Waals surface area contributed by atoms with Gasteiger partial charge in [0.2, 0.25) is 5.91 Å². The van der Waals surface area contributed by atoms with Crippen LogP contribution in [-0.4, -0.2) is 51.9 Å². The molecule has 6 nitrogen and oxygen atoms in total. The lowest BCUT2D eigenvalue weighted by atomic mass is 10.2. The molecule has 4 rings (SSSR count). The Balaban J connectivity index is 1.26. The Hall–Kier alpha value is -3.13. The summed E-state index contributed by atoms with van der Waals surface area (Å²) in [4.78, 5) is 24.9. The molecule has 156 valence electrons. The third kappa shape index (κ3) is 4.88. The van der Waals surface area contributed by atoms with Crippen molar-refractivity contribution in [2.45, 2.75) is 19.4 Å². The summed E-state index contributed by atoms with van der Waals surface area (Å²) >= 11 is 0. The van der Waals surface area contributed by atoms with E-state index in [9.17, 15) is 13.6 Å². The molecule has 1 aromatic carbocycles. The van der Waals surface area contributed by atoms with Crippen molar-refractivity contribution in [3.63, 3.8) is 0 Å². The van der Waals surface area contributed by atoms with Crippen molar-refractivity contribution >= 4 is 5.91 Å². The lowest BCUT2D eigenvalue weighted by Gasteiger charge is -2.34. The molecule has 0 radical (unpaired) electrons. The number of rotatable bonds is 6. The fourth-order valence-corrected chi connectivity index (χ4v) is 3.52. The van der Waals surface area contributed by atoms with Crippen molar-refractivity contribution in [2.75, 3.05) is 26.2 Å². The van der Waals surface area contributed by atoms with Crippen LogP contribution in [-0.2, 0) is 17.8 Å². The average Bonchev–Trinajstić information content (AvgIpc) is 3.22. The standard InChI is InChI=1S/C22H22F2N4O2/c23-17-3-4-18(19(24)12-17)20-14-26-21(30-20)5-6-22(29)28-10-8-27(9-11-28)15-16-2-1-7-25-13-16/h1-4,7,12-14H,5-6,8-11,15H2. The van der Waals surface area contributed by atoms with Crippen molar-refractivity contribution in [1.82, 2.24) is 19.8 Å². The van der Waals surface area contributed by atoms with Crippen LogP contribution < -0.4 is 0 Å². The maximum Gasteiger partial charge on any atom is 0.223 e. The summed E-state index contributed by atoms with van der Waals surface area (Å²) < 4.78 is 32.5. The number of carbonyl (C=O) groups is 1. The highest BCUT2D eigenvalue weighted by Gasteiger charge is 2.21. The van der Waals surface area contributed by atoms with E-state index in [-0.39, 0.29) is 23.7 Å². The number of benzene rings is 1. The van der Waals surface area contributed by atoms with Gasteiger partial charge in [0.25, 0.3) is 0 Å². The van der Waals surface area contributed by atoms with Gasteiger partial charge in [0, 0.05) is 64.0 Å². The number of aryl methyl sites for hydroxylation is 1. The predicted octanol–water partition coefficient (Wildman–Crippen LogP) is 3.29. The maximum absolute atomic E-state index is 13.9. The molecule has 1 fully saturated rings. The molecule has 3 heterocycles. The zero-order valence-electron chi connectivity index (χ0n) is 16.4. The number of halogens is 2. The minimum absolute atomic E-state index is 0.0451. The number of oxazole rings is 1. The van der Waals surface area contributed by atoms with E-state index in [1.165, 1.54) is 12.3 Å². The van der Waals surface area contributed by atoms with Crippen molar-refractivity contribution in [3.8, 4) is 11.3 Å². The monoisotopic (exact) mass is 412 g/mol. The molecule has 8 heteroatoms. The van der Waals surface area contributed by atoms with Crippen LogP contribution >= 0.6 is 0 Å². The number of hydrogen-bond donors (Lipinski definition) is 0. The summed E-state index contributed by atoms with van der Waals surface area (Å²) in [7, 11) is 0. The molecule has 0 unspecified atom stereocenters. The minimum atomic E-state index is -0.710. The first-order chi connectivity index (χ1) is 14.6. The van der Waals surface area contributed by atoms with Crippen LogP contribution in [0.15, 0.2) is 53.3 Å². The van der Waals surface area contributed by atoms with Crippen LogP contribution in [0.5, 0.6) is 0 Å². The molecular weight excluding hydrogens is 390 g/mol. The molecule has 0 atom stereocenters. The summed E-state index contributed by atoms with van der Waals surface area (Å²) in [6.45, 7) is 3.81. The molecule has 0 spiro atoms. The number of piperazine rings is 1. The highest BCUT2D eigenvalue weighted by molar-refractivity contribution is 5.76. The zero-order chi connectivity index (χ0) is 20.9. The van der Waals surface area contributed by atoms with Crippen LogP contribution in [0.2, 0.25) is 0 Å². The quantitative estimate of drug-likeness (QED) is 0.622. The minimum Gasteiger partial charge on any atom is -0.441 e. The fraction of sp³-hybridized carbons (Fsp3) is 0.318. The molecule has 2 aromatic heterocycles. The molecule has 1 amide bonds. The Kier molecular flexibility index (Phi) is 6.13. The summed E-state index contributed by atoms with van der Waals surface area (Å²) in [5.41, 5.74) is 1.31. The normalized spacial score (nSPS) is 14.8. The third-order valence-electron chi connectivity index (χ3n) is 5.16. The smallest absolute Gasteiger partial charge is 0.223 e. The van der Waals surface area contributed by atoms with Crippen molar-refractivity contribution in [2.24, 2.45) is 0 Å². The number of pyridine rings is 1. The second-order valence-corrected chi connectivity index (χ2v) is 7.26. The molecule has 0 saturated carbocycles. The summed E-state index contributed by atoms with van der Waals surface area (Å²) in [6.07, 6.45) is 5.62. The van der Waals surface area contributed by atoms with Gasteiger partial charge in [0.05, 0.1) is 11.8 Å². The van der Waals surface area contributed by atoms with Gasteiger partial charge in [0.15, 0.2) is 11.7 Å². The highest BCUT2D eigenvalue weighted by atomic mass is 19.1. The van der Waals surface area contributed by atoms with Crippen LogP contribution in [0.25, 0.3) is 11.3 Å². The van der Waals surface area contributed by atoms with Gasteiger partial charge in [-0.1, -0.05) is 6.07 Å². The molecule has 0 aliphatic carbocycles. The lowest BCUT2D eigenvalue weighted by Crippen LogP contribution is -2.48. The van der Waals surface area contributed by atoms with E-state index in [0.29, 0.717) is 25.4 Å². The van der Waals surface area contributed by atoms with E-state index >= 15 is 0 Å². The first-order valence-corrected chi connectivity index (χ1v) is 9.87. The Morgan fingerprint density at radius 2 is 1.93 bits per heavy atom. The molecule has 1 aliphatic heterocycles. The predicted molar refractivity (Wildman–Crippen MR) is 106 cm³/mol. The third-order valence-corrected chi connectivity index (χ3v) is 5.16. The van der Waals surface area contributed by atoms with Crippen molar-refractivity contribution in [1.29, 1.82) is 0 Å². The number of carbonyl (C=O) groups excluding carboxylic acids is 1. The van der Waals surface area contributed by atoms with Crippen LogP contribution in [0, 0.1) is 11.6 Å².